The minimum atomic E-state index is 0.284. The first-order chi connectivity index (χ1) is 11.1. The lowest BCUT2D eigenvalue weighted by molar-refractivity contribution is 0.357. The van der Waals surface area contributed by atoms with Gasteiger partial charge < -0.3 is 15.8 Å². The molecule has 0 aromatic carbocycles. The third-order valence-corrected chi connectivity index (χ3v) is 3.90. The molecule has 2 rings (SSSR count). The fraction of sp³-hybridized carbons (Fsp3) is 0.667. The molecule has 1 unspecified atom stereocenters. The number of aryl methyl sites for hydroxylation is 1. The Balaban J connectivity index is 2.36. The summed E-state index contributed by atoms with van der Waals surface area (Å²) in [7, 11) is 1.59. The van der Waals surface area contributed by atoms with E-state index in [4.69, 9.17) is 22.1 Å². The number of unbranched alkanes of at least 4 members (excludes halogenated alkanes) is 1. The number of imidazole rings is 1. The summed E-state index contributed by atoms with van der Waals surface area (Å²) in [5.41, 5.74) is 7.32. The number of ether oxygens (including phenoxy) is 1. The monoisotopic (exact) mass is 340 g/mol. The summed E-state index contributed by atoms with van der Waals surface area (Å²) in [5, 5.41) is 3.29. The van der Waals surface area contributed by atoms with Crippen LogP contribution < -0.4 is 15.8 Å². The van der Waals surface area contributed by atoms with Crippen LogP contribution in [0.5, 0.6) is 6.01 Å². The van der Waals surface area contributed by atoms with Crippen LogP contribution in [0, 0.1) is 0 Å². The quantitative estimate of drug-likeness (QED) is 0.538. The van der Waals surface area contributed by atoms with Crippen molar-refractivity contribution in [2.24, 2.45) is 0 Å². The Morgan fingerprint density at radius 1 is 1.30 bits per heavy atom. The topological polar surface area (TPSA) is 90.9 Å². The Hall–Kier alpha value is -1.76. The first-order valence-electron chi connectivity index (χ1n) is 8.00. The van der Waals surface area contributed by atoms with E-state index in [0.29, 0.717) is 34.8 Å². The van der Waals surface area contributed by atoms with Gasteiger partial charge in [0.1, 0.15) is 0 Å². The molecule has 0 aliphatic carbocycles. The molecule has 3 N–H and O–H groups in total. The van der Waals surface area contributed by atoms with Crippen molar-refractivity contribution in [3.63, 3.8) is 0 Å². The molecule has 0 amide bonds. The number of nitrogens with one attached hydrogen (secondary N) is 1. The summed E-state index contributed by atoms with van der Waals surface area (Å²) in [6.45, 7) is 4.98. The minimum absolute atomic E-state index is 0.284. The molecular formula is C15H25ClN6O. The number of fused-ring (bicyclic) bond motifs is 1. The van der Waals surface area contributed by atoms with Gasteiger partial charge in [0, 0.05) is 18.5 Å². The van der Waals surface area contributed by atoms with Crippen LogP contribution in [0.3, 0.4) is 0 Å². The van der Waals surface area contributed by atoms with Crippen LogP contribution in [0.2, 0.25) is 0 Å². The second-order valence-corrected chi connectivity index (χ2v) is 5.96. The van der Waals surface area contributed by atoms with E-state index in [-0.39, 0.29) is 6.04 Å². The van der Waals surface area contributed by atoms with Gasteiger partial charge in [-0.15, -0.1) is 11.6 Å². The van der Waals surface area contributed by atoms with Crippen molar-refractivity contribution in [3.8, 4) is 6.01 Å². The highest BCUT2D eigenvalue weighted by Crippen LogP contribution is 2.25. The number of methoxy groups -OCH3 is 1. The lowest BCUT2D eigenvalue weighted by Crippen LogP contribution is -2.17. The third kappa shape index (κ3) is 4.16. The predicted octanol–water partition coefficient (Wildman–Crippen LogP) is 3.04. The predicted molar refractivity (Wildman–Crippen MR) is 94.2 cm³/mol. The van der Waals surface area contributed by atoms with Crippen LogP contribution >= 0.6 is 11.6 Å². The molecule has 1 atom stereocenters. The molecule has 0 radical (unpaired) electrons. The number of nitrogens with zero attached hydrogens (tertiary/aromatic N) is 4. The van der Waals surface area contributed by atoms with Gasteiger partial charge in [-0.1, -0.05) is 13.3 Å². The van der Waals surface area contributed by atoms with Crippen LogP contribution in [-0.4, -0.2) is 38.6 Å². The van der Waals surface area contributed by atoms with Crippen molar-refractivity contribution in [2.45, 2.75) is 52.1 Å². The second-order valence-electron chi connectivity index (χ2n) is 5.58. The number of hydrogen-bond donors (Lipinski definition) is 2. The molecular weight excluding hydrogens is 316 g/mol. The SMILES string of the molecule is CCCC(C)Nc1nc(N)c2nc(OC)n(CCCCCl)c2n1. The molecule has 0 fully saturated rings. The maximum Gasteiger partial charge on any atom is 0.298 e. The zero-order valence-corrected chi connectivity index (χ0v) is 14.7. The number of nitrogen functional groups attached to an aromatic ring is 1. The lowest BCUT2D eigenvalue weighted by atomic mass is 10.2. The van der Waals surface area contributed by atoms with Gasteiger partial charge in [0.05, 0.1) is 7.11 Å². The number of anilines is 2. The van der Waals surface area contributed by atoms with Crippen LogP contribution in [0.15, 0.2) is 0 Å². The van der Waals surface area contributed by atoms with Crippen molar-refractivity contribution in [1.82, 2.24) is 19.5 Å². The molecule has 2 heterocycles. The highest BCUT2D eigenvalue weighted by Gasteiger charge is 2.17. The Morgan fingerprint density at radius 3 is 2.74 bits per heavy atom. The van der Waals surface area contributed by atoms with Gasteiger partial charge in [-0.05, 0) is 26.2 Å². The zero-order chi connectivity index (χ0) is 16.8. The Labute approximate surface area is 141 Å². The average molecular weight is 341 g/mol. The highest BCUT2D eigenvalue weighted by molar-refractivity contribution is 6.17. The molecule has 7 nitrogen and oxygen atoms in total. The van der Waals surface area contributed by atoms with Gasteiger partial charge >= 0.3 is 0 Å². The van der Waals surface area contributed by atoms with Crippen LogP contribution in [0.25, 0.3) is 11.2 Å². The van der Waals surface area contributed by atoms with E-state index in [1.807, 2.05) is 4.57 Å². The van der Waals surface area contributed by atoms with Gasteiger partial charge in [0.25, 0.3) is 6.01 Å². The maximum atomic E-state index is 6.05. The number of hydrogen-bond acceptors (Lipinski definition) is 6. The molecule has 2 aromatic rings. The fourth-order valence-electron chi connectivity index (χ4n) is 2.51. The average Bonchev–Trinajstić information content (AvgIpc) is 2.86. The first kappa shape index (κ1) is 17.6. The van der Waals surface area contributed by atoms with Crippen molar-refractivity contribution in [3.05, 3.63) is 0 Å². The number of alkyl halides is 1. The summed E-state index contributed by atoms with van der Waals surface area (Å²) in [4.78, 5) is 13.3. The molecule has 0 spiro atoms. The maximum absolute atomic E-state index is 6.05. The molecule has 0 aliphatic heterocycles. The fourth-order valence-corrected chi connectivity index (χ4v) is 2.70. The number of nitrogens with two attached hydrogens (primary N) is 1. The van der Waals surface area contributed by atoms with E-state index < -0.39 is 0 Å². The van der Waals surface area contributed by atoms with E-state index in [1.54, 1.807) is 7.11 Å². The number of aromatic nitrogens is 4. The van der Waals surface area contributed by atoms with E-state index in [2.05, 4.69) is 34.1 Å². The number of halogens is 1. The van der Waals surface area contributed by atoms with E-state index in [9.17, 15) is 0 Å². The Bertz CT molecular complexity index is 644. The molecule has 8 heteroatoms. The summed E-state index contributed by atoms with van der Waals surface area (Å²) in [6, 6.07) is 0.778. The second kappa shape index (κ2) is 8.19. The van der Waals surface area contributed by atoms with Gasteiger partial charge in [0.15, 0.2) is 17.0 Å². The normalized spacial score (nSPS) is 12.5. The van der Waals surface area contributed by atoms with Crippen LogP contribution in [0.1, 0.15) is 39.5 Å². The molecule has 128 valence electrons. The van der Waals surface area contributed by atoms with Crippen molar-refractivity contribution >= 4 is 34.5 Å². The summed E-state index contributed by atoms with van der Waals surface area (Å²) in [5.74, 6) is 1.51. The Morgan fingerprint density at radius 2 is 2.09 bits per heavy atom. The van der Waals surface area contributed by atoms with Gasteiger partial charge in [-0.25, -0.2) is 0 Å². The minimum Gasteiger partial charge on any atom is -0.468 e. The summed E-state index contributed by atoms with van der Waals surface area (Å²) in [6.07, 6.45) is 3.98. The van der Waals surface area contributed by atoms with Gasteiger partial charge in [-0.3, -0.25) is 4.57 Å². The number of rotatable bonds is 9. The van der Waals surface area contributed by atoms with E-state index >= 15 is 0 Å². The highest BCUT2D eigenvalue weighted by atomic mass is 35.5. The largest absolute Gasteiger partial charge is 0.468 e. The Kier molecular flexibility index (Phi) is 6.27. The van der Waals surface area contributed by atoms with Crippen LogP contribution in [0.4, 0.5) is 11.8 Å². The molecule has 23 heavy (non-hydrogen) atoms. The van der Waals surface area contributed by atoms with Crippen molar-refractivity contribution < 1.29 is 4.74 Å². The van der Waals surface area contributed by atoms with Crippen molar-refractivity contribution in [2.75, 3.05) is 24.0 Å². The molecule has 0 saturated heterocycles. The summed E-state index contributed by atoms with van der Waals surface area (Å²) >= 11 is 5.76. The molecule has 2 aromatic heterocycles. The van der Waals surface area contributed by atoms with Crippen LogP contribution in [-0.2, 0) is 6.54 Å². The third-order valence-electron chi connectivity index (χ3n) is 3.63. The zero-order valence-electron chi connectivity index (χ0n) is 14.0. The lowest BCUT2D eigenvalue weighted by Gasteiger charge is -2.13. The van der Waals surface area contributed by atoms with Gasteiger partial charge in [-0.2, -0.15) is 15.0 Å². The molecule has 0 saturated carbocycles. The molecule has 0 aliphatic rings. The molecule has 0 bridgehead atoms. The summed E-state index contributed by atoms with van der Waals surface area (Å²) < 4.78 is 7.28. The van der Waals surface area contributed by atoms with Gasteiger partial charge in [0.2, 0.25) is 5.95 Å². The first-order valence-corrected chi connectivity index (χ1v) is 8.54. The smallest absolute Gasteiger partial charge is 0.298 e. The van der Waals surface area contributed by atoms with E-state index in [1.165, 1.54) is 0 Å². The standard InChI is InChI=1S/C15H25ClN6O/c1-4-7-10(2)18-14-20-12(17)11-13(21-14)22(9-6-5-8-16)15(19-11)23-3/h10H,4-9H2,1-3H3,(H3,17,18,20,21). The van der Waals surface area contributed by atoms with Crippen molar-refractivity contribution in [1.29, 1.82) is 0 Å². The van der Waals surface area contributed by atoms with E-state index in [0.717, 1.165) is 32.2 Å².